The van der Waals surface area contributed by atoms with Crippen LogP contribution in [-0.4, -0.2) is 53.3 Å². The summed E-state index contributed by atoms with van der Waals surface area (Å²) in [7, 11) is 0. The van der Waals surface area contributed by atoms with Crippen molar-refractivity contribution >= 4 is 23.4 Å². The van der Waals surface area contributed by atoms with Crippen LogP contribution in [0.2, 0.25) is 0 Å². The smallest absolute Gasteiger partial charge is 0.310 e. The van der Waals surface area contributed by atoms with Gasteiger partial charge in [0, 0.05) is 12.6 Å². The predicted octanol–water partition coefficient (Wildman–Crippen LogP) is 2.84. The van der Waals surface area contributed by atoms with Crippen LogP contribution in [-0.2, 0) is 30.3 Å². The molecule has 0 heterocycles. The second-order valence-electron chi connectivity index (χ2n) is 11.2. The summed E-state index contributed by atoms with van der Waals surface area (Å²) in [5, 5.41) is 14.2. The Labute approximate surface area is 220 Å². The van der Waals surface area contributed by atoms with Crippen molar-refractivity contribution in [3.63, 3.8) is 0 Å². The van der Waals surface area contributed by atoms with Gasteiger partial charge in [0.05, 0.1) is 24.9 Å². The van der Waals surface area contributed by atoms with E-state index in [2.05, 4.69) is 5.32 Å². The Kier molecular flexibility index (Phi) is 11.0. The van der Waals surface area contributed by atoms with E-state index in [1.807, 2.05) is 33.8 Å². The molecule has 8 heteroatoms. The molecule has 1 fully saturated rings. The average Bonchev–Trinajstić information content (AvgIpc) is 2.83. The zero-order chi connectivity index (χ0) is 27.9. The van der Waals surface area contributed by atoms with E-state index in [4.69, 9.17) is 10.5 Å². The van der Waals surface area contributed by atoms with E-state index in [9.17, 15) is 24.3 Å². The van der Waals surface area contributed by atoms with Crippen LogP contribution in [0.15, 0.2) is 30.3 Å². The quantitative estimate of drug-likeness (QED) is 0.287. The van der Waals surface area contributed by atoms with Crippen molar-refractivity contribution < 1.29 is 29.0 Å². The van der Waals surface area contributed by atoms with Crippen LogP contribution in [0.1, 0.15) is 66.4 Å². The molecule has 0 aromatic heterocycles. The third-order valence-corrected chi connectivity index (χ3v) is 7.51. The van der Waals surface area contributed by atoms with E-state index in [-0.39, 0.29) is 18.3 Å². The van der Waals surface area contributed by atoms with E-state index in [0.29, 0.717) is 18.5 Å². The molecule has 1 saturated carbocycles. The molecule has 0 saturated heterocycles. The van der Waals surface area contributed by atoms with Crippen LogP contribution in [0.5, 0.6) is 0 Å². The van der Waals surface area contributed by atoms with Crippen LogP contribution in [0.4, 0.5) is 0 Å². The number of hydrogen-bond donors (Lipinski definition) is 3. The van der Waals surface area contributed by atoms with Crippen LogP contribution in [0.3, 0.4) is 0 Å². The van der Waals surface area contributed by atoms with Gasteiger partial charge < -0.3 is 20.9 Å². The van der Waals surface area contributed by atoms with Crippen molar-refractivity contribution in [2.75, 3.05) is 6.54 Å². The molecule has 1 aromatic carbocycles. The minimum absolute atomic E-state index is 0.0704. The maximum atomic E-state index is 14.1. The monoisotopic (exact) mass is 516 g/mol. The maximum Gasteiger partial charge on any atom is 0.310 e. The topological polar surface area (TPSA) is 136 Å². The lowest BCUT2D eigenvalue weighted by molar-refractivity contribution is -0.179. The fourth-order valence-corrected chi connectivity index (χ4v) is 5.24. The number of nitrogens with one attached hydrogen (secondary N) is 1. The number of carbonyl (C=O) groups excluding carboxylic acids is 4. The van der Waals surface area contributed by atoms with Gasteiger partial charge in [-0.1, -0.05) is 78.3 Å². The van der Waals surface area contributed by atoms with Gasteiger partial charge >= 0.3 is 5.97 Å². The highest BCUT2D eigenvalue weighted by atomic mass is 16.5. The Morgan fingerprint density at radius 2 is 1.76 bits per heavy atom. The van der Waals surface area contributed by atoms with E-state index in [1.54, 1.807) is 38.1 Å². The first-order valence-corrected chi connectivity index (χ1v) is 13.4. The number of aliphatic hydroxyl groups excluding tert-OH is 1. The van der Waals surface area contributed by atoms with Crippen LogP contribution in [0.25, 0.3) is 0 Å². The van der Waals surface area contributed by atoms with Gasteiger partial charge in [-0.25, -0.2) is 0 Å². The van der Waals surface area contributed by atoms with E-state index < -0.39 is 65.4 Å². The van der Waals surface area contributed by atoms with Gasteiger partial charge in [-0.15, -0.1) is 0 Å². The standard InChI is InChI=1S/C29H44N2O6/c1-7-19(6)16-31-28(36)29(18(4)5)25(26(34)21(30)13-17(2)3)22(32)15-23(27(29)35)37-24(33)14-20-11-9-8-10-12-20/h8-12,17-19,21,23,25-26,34H,7,13-16,30H2,1-6H3,(H,31,36)/t19?,21-,23-,25?,26+,29-/m0/s1. The van der Waals surface area contributed by atoms with Crippen molar-refractivity contribution in [2.24, 2.45) is 34.8 Å². The van der Waals surface area contributed by atoms with Gasteiger partial charge in [0.1, 0.15) is 11.2 Å². The molecular weight excluding hydrogens is 472 g/mol. The number of rotatable bonds is 12. The van der Waals surface area contributed by atoms with Gasteiger partial charge in [-0.3, -0.25) is 19.2 Å². The van der Waals surface area contributed by atoms with Gasteiger partial charge in [-0.05, 0) is 29.7 Å². The summed E-state index contributed by atoms with van der Waals surface area (Å²) in [5.41, 5.74) is 5.08. The number of Topliss-reactive ketones (excluding diaryl/α,β-unsaturated/α-hetero) is 2. The van der Waals surface area contributed by atoms with Crippen LogP contribution in [0, 0.1) is 29.1 Å². The summed E-state index contributed by atoms with van der Waals surface area (Å²) in [6, 6.07) is 8.12. The Hall–Kier alpha value is -2.58. The largest absolute Gasteiger partial charge is 0.454 e. The van der Waals surface area contributed by atoms with Crippen LogP contribution >= 0.6 is 0 Å². The molecule has 0 radical (unpaired) electrons. The third-order valence-electron chi connectivity index (χ3n) is 7.51. The number of amides is 1. The van der Waals surface area contributed by atoms with Crippen molar-refractivity contribution in [1.82, 2.24) is 5.32 Å². The number of aliphatic hydroxyl groups is 1. The minimum Gasteiger partial charge on any atom is -0.454 e. The molecule has 0 bridgehead atoms. The zero-order valence-electron chi connectivity index (χ0n) is 23.0. The first-order chi connectivity index (χ1) is 17.4. The lowest BCUT2D eigenvalue weighted by Crippen LogP contribution is -2.67. The Bertz CT molecular complexity index is 947. The average molecular weight is 517 g/mol. The number of nitrogens with two attached hydrogens (primary N) is 1. The highest BCUT2D eigenvalue weighted by Gasteiger charge is 2.64. The molecule has 2 rings (SSSR count). The summed E-state index contributed by atoms with van der Waals surface area (Å²) in [6.07, 6.45) is -2.06. The molecule has 6 atom stereocenters. The second-order valence-corrected chi connectivity index (χ2v) is 11.2. The fourth-order valence-electron chi connectivity index (χ4n) is 5.24. The number of benzene rings is 1. The molecular formula is C29H44N2O6. The zero-order valence-corrected chi connectivity index (χ0v) is 23.0. The Balaban J connectivity index is 2.47. The highest BCUT2D eigenvalue weighted by Crippen LogP contribution is 2.46. The SMILES string of the molecule is CCC(C)CNC(=O)[C@]1(C(C)C)C(=O)[C@@H](OC(=O)Cc2ccccc2)CC(=O)C1[C@H](O)[C@@H](N)CC(C)C. The minimum atomic E-state index is -1.92. The van der Waals surface area contributed by atoms with E-state index in [1.165, 1.54) is 0 Å². The van der Waals surface area contributed by atoms with E-state index >= 15 is 0 Å². The summed E-state index contributed by atoms with van der Waals surface area (Å²) in [4.78, 5) is 54.3. The molecule has 1 aromatic rings. The molecule has 206 valence electrons. The summed E-state index contributed by atoms with van der Waals surface area (Å²) < 4.78 is 5.53. The van der Waals surface area contributed by atoms with Crippen LogP contribution < -0.4 is 11.1 Å². The first kappa shape index (κ1) is 30.6. The molecule has 37 heavy (non-hydrogen) atoms. The predicted molar refractivity (Wildman–Crippen MR) is 141 cm³/mol. The molecule has 1 amide bonds. The highest BCUT2D eigenvalue weighted by molar-refractivity contribution is 6.15. The van der Waals surface area contributed by atoms with Gasteiger partial charge in [0.25, 0.3) is 0 Å². The van der Waals surface area contributed by atoms with Crippen molar-refractivity contribution in [2.45, 2.75) is 85.5 Å². The number of hydrogen-bond acceptors (Lipinski definition) is 7. The summed E-state index contributed by atoms with van der Waals surface area (Å²) in [6.45, 7) is 11.5. The van der Waals surface area contributed by atoms with Crippen molar-refractivity contribution in [3.8, 4) is 0 Å². The lowest BCUT2D eigenvalue weighted by atomic mass is 9.55. The summed E-state index contributed by atoms with van der Waals surface area (Å²) >= 11 is 0. The van der Waals surface area contributed by atoms with Gasteiger partial charge in [-0.2, -0.15) is 0 Å². The Morgan fingerprint density at radius 3 is 2.30 bits per heavy atom. The number of carbonyl (C=O) groups is 4. The molecule has 1 aliphatic rings. The maximum absolute atomic E-state index is 14.1. The van der Waals surface area contributed by atoms with Gasteiger partial charge in [0.15, 0.2) is 11.9 Å². The lowest BCUT2D eigenvalue weighted by Gasteiger charge is -2.48. The third kappa shape index (κ3) is 7.05. The van der Waals surface area contributed by atoms with Crippen molar-refractivity contribution in [1.29, 1.82) is 0 Å². The fraction of sp³-hybridized carbons (Fsp3) is 0.655. The normalized spacial score (nSPS) is 24.6. The molecule has 1 aliphatic carbocycles. The molecule has 2 unspecified atom stereocenters. The number of esters is 1. The molecule has 8 nitrogen and oxygen atoms in total. The van der Waals surface area contributed by atoms with E-state index in [0.717, 1.165) is 6.42 Å². The Morgan fingerprint density at radius 1 is 1.14 bits per heavy atom. The first-order valence-electron chi connectivity index (χ1n) is 13.4. The van der Waals surface area contributed by atoms with Crippen molar-refractivity contribution in [3.05, 3.63) is 35.9 Å². The summed E-state index contributed by atoms with van der Waals surface area (Å²) in [5.74, 6) is -4.18. The molecule has 4 N–H and O–H groups in total. The second kappa shape index (κ2) is 13.3. The number of ketones is 2. The number of ether oxygens (including phenoxy) is 1. The van der Waals surface area contributed by atoms with Gasteiger partial charge in [0.2, 0.25) is 5.91 Å². The molecule has 0 aliphatic heterocycles. The molecule has 0 spiro atoms.